The van der Waals surface area contributed by atoms with E-state index in [1.165, 1.54) is 10.4 Å². The van der Waals surface area contributed by atoms with Gasteiger partial charge in [-0.1, -0.05) is 35.9 Å². The molecular weight excluding hydrogens is 294 g/mol. The average molecular weight is 310 g/mol. The second-order valence-corrected chi connectivity index (χ2v) is 6.56. The zero-order valence-corrected chi connectivity index (χ0v) is 12.7. The van der Waals surface area contributed by atoms with E-state index < -0.39 is 5.97 Å². The molecule has 0 saturated heterocycles. The minimum atomic E-state index is -0.801. The molecule has 0 amide bonds. The summed E-state index contributed by atoms with van der Waals surface area (Å²) in [6.07, 6.45) is 0.0732. The molecule has 2 aromatic rings. The monoisotopic (exact) mass is 309 g/mol. The maximum atomic E-state index is 10.6. The third kappa shape index (κ3) is 4.63. The lowest BCUT2D eigenvalue weighted by Gasteiger charge is -2.15. The van der Waals surface area contributed by atoms with Crippen LogP contribution < -0.4 is 0 Å². The second-order valence-electron chi connectivity index (χ2n) is 4.77. The summed E-state index contributed by atoms with van der Waals surface area (Å²) >= 11 is 7.51. The summed E-state index contributed by atoms with van der Waals surface area (Å²) in [7, 11) is 2.05. The molecule has 1 aromatic carbocycles. The van der Waals surface area contributed by atoms with E-state index in [4.69, 9.17) is 16.7 Å². The number of carboxylic acids is 1. The van der Waals surface area contributed by atoms with Crippen LogP contribution in [0.15, 0.2) is 36.4 Å². The molecule has 1 aromatic heterocycles. The molecule has 0 unspecified atom stereocenters. The third-order valence-electron chi connectivity index (χ3n) is 2.89. The summed E-state index contributed by atoms with van der Waals surface area (Å²) in [4.78, 5) is 14.1. The van der Waals surface area contributed by atoms with Gasteiger partial charge < -0.3 is 5.11 Å². The van der Waals surface area contributed by atoms with Gasteiger partial charge in [-0.05, 0) is 30.3 Å². The Kier molecular flexibility index (Phi) is 5.17. The lowest BCUT2D eigenvalue weighted by atomic mass is 10.1. The maximum Gasteiger partial charge on any atom is 0.307 e. The number of thiophene rings is 1. The molecule has 20 heavy (non-hydrogen) atoms. The zero-order valence-electron chi connectivity index (χ0n) is 11.2. The molecular formula is C15H16ClNO2S. The smallest absolute Gasteiger partial charge is 0.307 e. The molecule has 0 bridgehead atoms. The molecule has 1 N–H and O–H groups in total. The van der Waals surface area contributed by atoms with Gasteiger partial charge in [0.15, 0.2) is 0 Å². The Morgan fingerprint density at radius 3 is 2.35 bits per heavy atom. The number of hydrogen-bond donors (Lipinski definition) is 1. The first-order valence-electron chi connectivity index (χ1n) is 6.25. The Bertz CT molecular complexity index is 580. The summed E-state index contributed by atoms with van der Waals surface area (Å²) in [5.41, 5.74) is 2.00. The lowest BCUT2D eigenvalue weighted by Crippen LogP contribution is -2.16. The fraction of sp³-hybridized carbons (Fsp3) is 0.267. The Balaban J connectivity index is 1.90. The molecule has 0 spiro atoms. The van der Waals surface area contributed by atoms with E-state index in [1.54, 1.807) is 11.3 Å². The molecule has 3 nitrogen and oxygen atoms in total. The van der Waals surface area contributed by atoms with Crippen LogP contribution in [0.1, 0.15) is 16.0 Å². The van der Waals surface area contributed by atoms with Gasteiger partial charge in [-0.25, -0.2) is 0 Å². The van der Waals surface area contributed by atoms with Gasteiger partial charge in [0.05, 0.1) is 10.8 Å². The van der Waals surface area contributed by atoms with Gasteiger partial charge in [0.2, 0.25) is 0 Å². The fourth-order valence-electron chi connectivity index (χ4n) is 2.01. The van der Waals surface area contributed by atoms with E-state index in [9.17, 15) is 4.79 Å². The van der Waals surface area contributed by atoms with Crippen LogP contribution in [0.4, 0.5) is 0 Å². The molecule has 0 saturated carbocycles. The fourth-order valence-corrected chi connectivity index (χ4v) is 3.18. The van der Waals surface area contributed by atoms with Crippen LogP contribution in [0.5, 0.6) is 0 Å². The van der Waals surface area contributed by atoms with Gasteiger partial charge in [-0.3, -0.25) is 9.69 Å². The Hall–Kier alpha value is -1.36. The molecule has 0 atom stereocenters. The van der Waals surface area contributed by atoms with Crippen molar-refractivity contribution in [1.82, 2.24) is 4.90 Å². The number of carboxylic acid groups (broad SMARTS) is 1. The zero-order chi connectivity index (χ0) is 14.5. The van der Waals surface area contributed by atoms with Crippen molar-refractivity contribution in [2.24, 2.45) is 0 Å². The van der Waals surface area contributed by atoms with Crippen molar-refractivity contribution >= 4 is 28.9 Å². The quantitative estimate of drug-likeness (QED) is 0.885. The van der Waals surface area contributed by atoms with Crippen LogP contribution in [0.2, 0.25) is 4.34 Å². The molecule has 5 heteroatoms. The van der Waals surface area contributed by atoms with Crippen LogP contribution >= 0.6 is 22.9 Å². The lowest BCUT2D eigenvalue weighted by molar-refractivity contribution is -0.136. The van der Waals surface area contributed by atoms with Crippen LogP contribution in [0.3, 0.4) is 0 Å². The van der Waals surface area contributed by atoms with Gasteiger partial charge in [-0.15, -0.1) is 11.3 Å². The molecule has 1 heterocycles. The van der Waals surface area contributed by atoms with Gasteiger partial charge in [0, 0.05) is 18.0 Å². The number of nitrogens with zero attached hydrogens (tertiary/aromatic N) is 1. The first-order chi connectivity index (χ1) is 9.52. The number of benzene rings is 1. The van der Waals surface area contributed by atoms with Crippen molar-refractivity contribution in [1.29, 1.82) is 0 Å². The Labute approximate surface area is 127 Å². The van der Waals surface area contributed by atoms with Crippen LogP contribution in [0, 0.1) is 0 Å². The highest BCUT2D eigenvalue weighted by molar-refractivity contribution is 7.16. The summed E-state index contributed by atoms with van der Waals surface area (Å²) in [5, 5.41) is 8.73. The van der Waals surface area contributed by atoms with Crippen molar-refractivity contribution in [3.63, 3.8) is 0 Å². The van der Waals surface area contributed by atoms with E-state index in [-0.39, 0.29) is 6.42 Å². The molecule has 0 aliphatic heterocycles. The predicted molar refractivity (Wildman–Crippen MR) is 82.3 cm³/mol. The topological polar surface area (TPSA) is 40.5 Å². The van der Waals surface area contributed by atoms with E-state index in [2.05, 4.69) is 11.9 Å². The van der Waals surface area contributed by atoms with Gasteiger partial charge >= 0.3 is 5.97 Å². The highest BCUT2D eigenvalue weighted by Gasteiger charge is 2.05. The van der Waals surface area contributed by atoms with E-state index in [1.807, 2.05) is 36.4 Å². The predicted octanol–water partition coefficient (Wildman–Crippen LogP) is 3.66. The SMILES string of the molecule is CN(Cc1ccc(CC(=O)O)cc1)Cc1ccc(Cl)s1. The standard InChI is InChI=1S/C15H16ClNO2S/c1-17(10-13-6-7-14(16)20-13)9-12-4-2-11(3-5-12)8-15(18)19/h2-7H,8-10H2,1H3,(H,18,19). The molecule has 0 aliphatic rings. The van der Waals surface area contributed by atoms with E-state index in [0.717, 1.165) is 23.0 Å². The first-order valence-corrected chi connectivity index (χ1v) is 7.45. The number of rotatable bonds is 6. The van der Waals surface area contributed by atoms with Crippen molar-refractivity contribution in [2.45, 2.75) is 19.5 Å². The molecule has 0 fully saturated rings. The third-order valence-corrected chi connectivity index (χ3v) is 4.10. The first kappa shape index (κ1) is 15.0. The maximum absolute atomic E-state index is 10.6. The van der Waals surface area contributed by atoms with Crippen molar-refractivity contribution in [2.75, 3.05) is 7.05 Å². The summed E-state index contributed by atoms with van der Waals surface area (Å²) in [6, 6.07) is 11.7. The summed E-state index contributed by atoms with van der Waals surface area (Å²) in [6.45, 7) is 1.68. The number of hydrogen-bond acceptors (Lipinski definition) is 3. The number of aliphatic carboxylic acids is 1. The Morgan fingerprint density at radius 1 is 1.15 bits per heavy atom. The van der Waals surface area contributed by atoms with Gasteiger partial charge in [0.25, 0.3) is 0 Å². The minimum Gasteiger partial charge on any atom is -0.481 e. The number of carbonyl (C=O) groups is 1. The molecule has 0 radical (unpaired) electrons. The summed E-state index contributed by atoms with van der Waals surface area (Å²) < 4.78 is 0.812. The average Bonchev–Trinajstić information content (AvgIpc) is 2.76. The van der Waals surface area contributed by atoms with Crippen molar-refractivity contribution < 1.29 is 9.90 Å². The van der Waals surface area contributed by atoms with Crippen molar-refractivity contribution in [3.8, 4) is 0 Å². The molecule has 0 aliphatic carbocycles. The number of halogens is 1. The van der Waals surface area contributed by atoms with Gasteiger partial charge in [0.1, 0.15) is 0 Å². The van der Waals surface area contributed by atoms with Crippen LogP contribution in [-0.4, -0.2) is 23.0 Å². The van der Waals surface area contributed by atoms with Crippen LogP contribution in [-0.2, 0) is 24.3 Å². The largest absolute Gasteiger partial charge is 0.481 e. The molecule has 2 rings (SSSR count). The highest BCUT2D eigenvalue weighted by atomic mass is 35.5. The normalized spacial score (nSPS) is 10.9. The second kappa shape index (κ2) is 6.88. The summed E-state index contributed by atoms with van der Waals surface area (Å²) in [5.74, 6) is -0.801. The Morgan fingerprint density at radius 2 is 1.80 bits per heavy atom. The van der Waals surface area contributed by atoms with Crippen LogP contribution in [0.25, 0.3) is 0 Å². The van der Waals surface area contributed by atoms with Crippen molar-refractivity contribution in [3.05, 3.63) is 56.7 Å². The van der Waals surface area contributed by atoms with E-state index >= 15 is 0 Å². The minimum absolute atomic E-state index is 0.0732. The molecule has 106 valence electrons. The van der Waals surface area contributed by atoms with E-state index in [0.29, 0.717) is 0 Å². The van der Waals surface area contributed by atoms with Gasteiger partial charge in [-0.2, -0.15) is 0 Å². The highest BCUT2D eigenvalue weighted by Crippen LogP contribution is 2.22.